The molecular weight excluding hydrogens is 714 g/mol. The summed E-state index contributed by atoms with van der Waals surface area (Å²) in [5, 5.41) is 63.9. The van der Waals surface area contributed by atoms with E-state index in [0.717, 1.165) is 19.3 Å². The summed E-state index contributed by atoms with van der Waals surface area (Å²) in [5.74, 6) is 58.7. The zero-order chi connectivity index (χ0) is 40.6. The van der Waals surface area contributed by atoms with Gasteiger partial charge in [0.25, 0.3) is 5.91 Å². The van der Waals surface area contributed by atoms with E-state index in [1.165, 1.54) is 19.3 Å². The Labute approximate surface area is 329 Å². The molecule has 1 aliphatic carbocycles. The first-order chi connectivity index (χ1) is 27.3. The van der Waals surface area contributed by atoms with Crippen molar-refractivity contribution in [1.82, 2.24) is 5.32 Å². The van der Waals surface area contributed by atoms with Crippen molar-refractivity contribution in [3.8, 4) is 142 Å². The Morgan fingerprint density at radius 2 is 1.16 bits per heavy atom. The second kappa shape index (κ2) is 29.2. The van der Waals surface area contributed by atoms with Gasteiger partial charge < -0.3 is 50.2 Å². The number of hydrogen-bond donors (Lipinski definition) is 7. The quantitative estimate of drug-likeness (QED) is 0.0877. The molecule has 1 saturated carbocycles. The summed E-state index contributed by atoms with van der Waals surface area (Å²) in [6, 6.07) is -1.31. The van der Waals surface area contributed by atoms with E-state index in [2.05, 4.69) is 147 Å². The van der Waals surface area contributed by atoms with Crippen LogP contribution in [0.2, 0.25) is 0 Å². The van der Waals surface area contributed by atoms with Crippen LogP contribution in [0.15, 0.2) is 0 Å². The number of carbonyl (C=O) groups is 1. The van der Waals surface area contributed by atoms with Gasteiger partial charge in [0, 0.05) is 48.0 Å². The molecule has 56 heavy (non-hydrogen) atoms. The number of nitrogens with one attached hydrogen (secondary N) is 1. The van der Waals surface area contributed by atoms with E-state index in [1.54, 1.807) is 6.92 Å². The van der Waals surface area contributed by atoms with Gasteiger partial charge >= 0.3 is 0 Å². The topological polar surface area (TPSA) is 178 Å². The molecule has 2 rings (SSSR count). The van der Waals surface area contributed by atoms with Crippen molar-refractivity contribution >= 4 is 5.91 Å². The second-order valence-corrected chi connectivity index (χ2v) is 11.7. The molecule has 0 aromatic rings. The van der Waals surface area contributed by atoms with Crippen LogP contribution in [0.25, 0.3) is 0 Å². The molecule has 7 N–H and O–H groups in total. The fourth-order valence-electron chi connectivity index (χ4n) is 4.91. The minimum atomic E-state index is -1.72. The predicted molar refractivity (Wildman–Crippen MR) is 205 cm³/mol. The molecule has 1 amide bonds. The Balaban J connectivity index is 1.94. The average Bonchev–Trinajstić information content (AvgIpc) is 3.21. The summed E-state index contributed by atoms with van der Waals surface area (Å²) in [4.78, 5) is 12.6. The lowest BCUT2D eigenvalue weighted by molar-refractivity contribution is -0.303. The van der Waals surface area contributed by atoms with Gasteiger partial charge in [0.05, 0.1) is 25.9 Å². The van der Waals surface area contributed by atoms with Gasteiger partial charge in [-0.2, -0.15) is 0 Å². The van der Waals surface area contributed by atoms with Crippen LogP contribution >= 0.6 is 0 Å². The Morgan fingerprint density at radius 3 is 1.64 bits per heavy atom. The Bertz CT molecular complexity index is 2120. The van der Waals surface area contributed by atoms with Gasteiger partial charge in [0.2, 0.25) is 0 Å². The second-order valence-electron chi connectivity index (χ2n) is 11.7. The van der Waals surface area contributed by atoms with Crippen molar-refractivity contribution in [2.24, 2.45) is 5.92 Å². The monoisotopic (exact) mass is 753 g/mol. The number of amides is 1. The summed E-state index contributed by atoms with van der Waals surface area (Å²) in [6.45, 7) is 0.612. The molecule has 11 heteroatoms. The highest BCUT2D eigenvalue weighted by Crippen LogP contribution is 2.26. The molecule has 1 saturated heterocycles. The molecule has 1 aliphatic heterocycles. The lowest BCUT2D eigenvalue weighted by atomic mass is 9.87. The van der Waals surface area contributed by atoms with Crippen molar-refractivity contribution in [2.75, 3.05) is 26.4 Å². The van der Waals surface area contributed by atoms with Crippen LogP contribution in [-0.2, 0) is 19.0 Å². The molecule has 284 valence electrons. The van der Waals surface area contributed by atoms with Crippen molar-refractivity contribution in [3.63, 3.8) is 0 Å². The zero-order valence-electron chi connectivity index (χ0n) is 30.6. The van der Waals surface area contributed by atoms with Crippen molar-refractivity contribution in [3.05, 3.63) is 0 Å². The van der Waals surface area contributed by atoms with E-state index < -0.39 is 68.1 Å². The van der Waals surface area contributed by atoms with E-state index in [1.807, 2.05) is 0 Å². The highest BCUT2D eigenvalue weighted by atomic mass is 16.7. The SMILES string of the molecule is CC#CC#CC#CC#CC#CC#CC#CC#CC#CC#CC#CC#CC(=O)N[C@@H](COC1OC(CO)C(O)C(O)C1O)[C@H](O)[C@H](O)COCCC1CCCCC1. The molecule has 0 aromatic carbocycles. The maximum Gasteiger partial charge on any atom is 0.297 e. The normalized spacial score (nSPS) is 20.2. The minimum Gasteiger partial charge on any atom is -0.394 e. The first kappa shape index (κ1) is 46.0. The van der Waals surface area contributed by atoms with Crippen LogP contribution in [0.4, 0.5) is 0 Å². The van der Waals surface area contributed by atoms with Gasteiger partial charge in [-0.25, -0.2) is 0 Å². The van der Waals surface area contributed by atoms with Crippen LogP contribution in [0, 0.1) is 148 Å². The van der Waals surface area contributed by atoms with Crippen molar-refractivity contribution < 1.29 is 49.6 Å². The largest absolute Gasteiger partial charge is 0.394 e. The third kappa shape index (κ3) is 19.8. The number of aliphatic hydroxyl groups is 6. The van der Waals surface area contributed by atoms with Crippen molar-refractivity contribution in [2.45, 2.75) is 94.4 Å². The molecule has 0 radical (unpaired) electrons. The van der Waals surface area contributed by atoms with Crippen LogP contribution < -0.4 is 5.32 Å². The molecule has 11 nitrogen and oxygen atoms in total. The molecule has 2 aliphatic rings. The van der Waals surface area contributed by atoms with Crippen molar-refractivity contribution in [1.29, 1.82) is 0 Å². The standard InChI is InChI=1S/C45H39NO10/c1-2-3-4-5-6-7-8-9-10-11-12-13-14-15-16-17-18-19-20-21-22-23-27-30-40(49)46-37(34-55-45-44(53)43(52)42(51)39(33-47)56-45)41(50)38(48)35-54-32-31-36-28-25-24-26-29-36/h36-39,41-45,47-48,50-53H,24-26,28-29,31-35H2,1H3,(H,46,49)/t37-,38+,39?,41-,42?,43?,44?,45?/m0/s1. The van der Waals surface area contributed by atoms with Gasteiger partial charge in [0.15, 0.2) is 6.29 Å². The Kier molecular flexibility index (Phi) is 24.0. The Morgan fingerprint density at radius 1 is 0.679 bits per heavy atom. The lowest BCUT2D eigenvalue weighted by Crippen LogP contribution is -2.60. The molecule has 0 aromatic heterocycles. The number of aliphatic hydroxyl groups excluding tert-OH is 6. The van der Waals surface area contributed by atoms with Crippen LogP contribution in [0.1, 0.15) is 45.4 Å². The number of rotatable bonds is 12. The molecule has 5 unspecified atom stereocenters. The van der Waals surface area contributed by atoms with Crippen LogP contribution in [-0.4, -0.2) is 112 Å². The van der Waals surface area contributed by atoms with Gasteiger partial charge in [-0.05, 0) is 114 Å². The molecule has 2 fully saturated rings. The van der Waals surface area contributed by atoms with E-state index >= 15 is 0 Å². The number of hydrogen-bond acceptors (Lipinski definition) is 10. The third-order valence-corrected chi connectivity index (χ3v) is 7.71. The Hall–Kier alpha value is -6.17. The van der Waals surface area contributed by atoms with E-state index in [4.69, 9.17) is 14.2 Å². The first-order valence-electron chi connectivity index (χ1n) is 17.4. The first-order valence-corrected chi connectivity index (χ1v) is 17.4. The fourth-order valence-corrected chi connectivity index (χ4v) is 4.91. The molecule has 8 atom stereocenters. The molecule has 0 spiro atoms. The summed E-state index contributed by atoms with van der Waals surface area (Å²) in [6.07, 6.45) is -4.20. The number of ether oxygens (including phenoxy) is 3. The van der Waals surface area contributed by atoms with E-state index in [0.29, 0.717) is 12.5 Å². The smallest absolute Gasteiger partial charge is 0.297 e. The summed E-state index contributed by atoms with van der Waals surface area (Å²) in [7, 11) is 0. The minimum absolute atomic E-state index is 0.232. The maximum absolute atomic E-state index is 12.6. The van der Waals surface area contributed by atoms with Gasteiger partial charge in [-0.15, -0.1) is 0 Å². The third-order valence-electron chi connectivity index (χ3n) is 7.71. The molecule has 1 heterocycles. The van der Waals surface area contributed by atoms with Crippen LogP contribution in [0.5, 0.6) is 0 Å². The van der Waals surface area contributed by atoms with Gasteiger partial charge in [-0.1, -0.05) is 38.0 Å². The van der Waals surface area contributed by atoms with E-state index in [9.17, 15) is 35.4 Å². The number of carbonyl (C=O) groups excluding carboxylic acids is 1. The highest BCUT2D eigenvalue weighted by Gasteiger charge is 2.44. The zero-order valence-corrected chi connectivity index (χ0v) is 30.6. The predicted octanol–water partition coefficient (Wildman–Crippen LogP) is -1.94. The van der Waals surface area contributed by atoms with Gasteiger partial charge in [-0.3, -0.25) is 4.79 Å². The van der Waals surface area contributed by atoms with E-state index in [-0.39, 0.29) is 6.61 Å². The molecule has 0 bridgehead atoms. The maximum atomic E-state index is 12.6. The highest BCUT2D eigenvalue weighted by molar-refractivity contribution is 5.94. The van der Waals surface area contributed by atoms with Crippen LogP contribution in [0.3, 0.4) is 0 Å². The summed E-state index contributed by atoms with van der Waals surface area (Å²) in [5.41, 5.74) is 0. The lowest BCUT2D eigenvalue weighted by Gasteiger charge is -2.40. The summed E-state index contributed by atoms with van der Waals surface area (Å²) >= 11 is 0. The fraction of sp³-hybridized carbons (Fsp3) is 0.444. The molecular formula is C45H39NO10. The average molecular weight is 754 g/mol. The summed E-state index contributed by atoms with van der Waals surface area (Å²) < 4.78 is 16.4. The van der Waals surface area contributed by atoms with Gasteiger partial charge in [0.1, 0.15) is 36.6 Å².